The Kier molecular flexibility index (Phi) is 4.17. The molecule has 0 saturated carbocycles. The van der Waals surface area contributed by atoms with Gasteiger partial charge in [-0.1, -0.05) is 24.3 Å². The molecule has 0 unspecified atom stereocenters. The molecule has 0 atom stereocenters. The molecule has 25 heavy (non-hydrogen) atoms. The number of hydrogen-bond acceptors (Lipinski definition) is 5. The summed E-state index contributed by atoms with van der Waals surface area (Å²) in [6, 6.07) is 8.36. The Morgan fingerprint density at radius 2 is 1.72 bits per heavy atom. The summed E-state index contributed by atoms with van der Waals surface area (Å²) in [4.78, 5) is 25.2. The summed E-state index contributed by atoms with van der Waals surface area (Å²) >= 11 is 0. The molecule has 1 aliphatic carbocycles. The number of hydrazine groups is 1. The Morgan fingerprint density at radius 3 is 2.36 bits per heavy atom. The lowest BCUT2D eigenvalue weighted by Gasteiger charge is -2.28. The average Bonchev–Trinajstić information content (AvgIpc) is 3.34. The first-order chi connectivity index (χ1) is 12.2. The lowest BCUT2D eigenvalue weighted by Crippen LogP contribution is -2.46. The van der Waals surface area contributed by atoms with Crippen molar-refractivity contribution in [1.29, 1.82) is 0 Å². The Morgan fingerprint density at radius 1 is 1.04 bits per heavy atom. The number of hydrogen-bond donors (Lipinski definition) is 0. The number of aromatic nitrogens is 4. The van der Waals surface area contributed by atoms with E-state index in [2.05, 4.69) is 27.7 Å². The molecule has 1 aromatic heterocycles. The van der Waals surface area contributed by atoms with Gasteiger partial charge in [0.1, 0.15) is 12.9 Å². The van der Waals surface area contributed by atoms with Gasteiger partial charge in [0, 0.05) is 19.5 Å². The van der Waals surface area contributed by atoms with Gasteiger partial charge >= 0.3 is 0 Å². The molecule has 0 radical (unpaired) electrons. The number of nitrogens with zero attached hydrogens (tertiary/aromatic N) is 6. The van der Waals surface area contributed by atoms with Crippen molar-refractivity contribution in [3.05, 3.63) is 41.7 Å². The van der Waals surface area contributed by atoms with Crippen molar-refractivity contribution in [2.24, 2.45) is 5.92 Å². The fourth-order valence-electron chi connectivity index (χ4n) is 3.75. The fourth-order valence-corrected chi connectivity index (χ4v) is 3.75. The first-order valence-corrected chi connectivity index (χ1v) is 8.59. The second kappa shape index (κ2) is 6.62. The van der Waals surface area contributed by atoms with E-state index in [1.54, 1.807) is 10.0 Å². The molecule has 8 nitrogen and oxygen atoms in total. The molecule has 2 amide bonds. The van der Waals surface area contributed by atoms with Gasteiger partial charge in [-0.25, -0.2) is 9.69 Å². The smallest absolute Gasteiger partial charge is 0.263 e. The quantitative estimate of drug-likeness (QED) is 0.807. The van der Waals surface area contributed by atoms with Crippen LogP contribution in [0.5, 0.6) is 0 Å². The third-order valence-electron chi connectivity index (χ3n) is 4.89. The van der Waals surface area contributed by atoms with Crippen LogP contribution in [0.1, 0.15) is 24.0 Å². The molecule has 8 heteroatoms. The fraction of sp³-hybridized carbons (Fsp3) is 0.471. The van der Waals surface area contributed by atoms with Crippen LogP contribution in [0.4, 0.5) is 0 Å². The number of rotatable bonds is 4. The molecule has 130 valence electrons. The highest BCUT2D eigenvalue weighted by Gasteiger charge is 2.33. The van der Waals surface area contributed by atoms with Crippen molar-refractivity contribution >= 4 is 11.8 Å². The summed E-state index contributed by atoms with van der Waals surface area (Å²) < 4.78 is 1.37. The highest BCUT2D eigenvalue weighted by Crippen LogP contribution is 2.29. The van der Waals surface area contributed by atoms with E-state index in [1.165, 1.54) is 22.1 Å². The Hall–Kier alpha value is -2.77. The molecule has 0 N–H and O–H groups in total. The zero-order valence-electron chi connectivity index (χ0n) is 13.9. The molecular weight excluding hydrogens is 320 g/mol. The highest BCUT2D eigenvalue weighted by atomic mass is 16.2. The summed E-state index contributed by atoms with van der Waals surface area (Å²) in [7, 11) is 0. The van der Waals surface area contributed by atoms with Gasteiger partial charge in [-0.3, -0.25) is 14.6 Å². The van der Waals surface area contributed by atoms with Gasteiger partial charge in [0.15, 0.2) is 0 Å². The van der Waals surface area contributed by atoms with Gasteiger partial charge in [0.2, 0.25) is 5.91 Å². The topological polar surface area (TPSA) is 84.2 Å². The zero-order chi connectivity index (χ0) is 17.2. The molecule has 1 aliphatic heterocycles. The van der Waals surface area contributed by atoms with Crippen molar-refractivity contribution in [3.8, 4) is 0 Å². The van der Waals surface area contributed by atoms with Crippen molar-refractivity contribution < 1.29 is 9.59 Å². The number of tetrazole rings is 1. The van der Waals surface area contributed by atoms with E-state index < -0.39 is 0 Å². The molecule has 2 heterocycles. The molecule has 2 aromatic rings. The van der Waals surface area contributed by atoms with Gasteiger partial charge in [0.05, 0.1) is 0 Å². The second-order valence-corrected chi connectivity index (χ2v) is 6.64. The average molecular weight is 340 g/mol. The maximum atomic E-state index is 12.8. The zero-order valence-corrected chi connectivity index (χ0v) is 13.9. The molecule has 1 aromatic carbocycles. The summed E-state index contributed by atoms with van der Waals surface area (Å²) in [6.07, 6.45) is 4.56. The van der Waals surface area contributed by atoms with Crippen molar-refractivity contribution in [2.75, 3.05) is 13.1 Å². The van der Waals surface area contributed by atoms with E-state index in [-0.39, 0.29) is 18.4 Å². The van der Waals surface area contributed by atoms with Crippen LogP contribution in [0.25, 0.3) is 0 Å². The summed E-state index contributed by atoms with van der Waals surface area (Å²) in [6.45, 7) is 1.21. The van der Waals surface area contributed by atoms with Gasteiger partial charge in [-0.2, -0.15) is 0 Å². The lowest BCUT2D eigenvalue weighted by molar-refractivity contribution is -0.159. The van der Waals surface area contributed by atoms with E-state index in [4.69, 9.17) is 0 Å². The van der Waals surface area contributed by atoms with Crippen LogP contribution in [-0.2, 0) is 29.0 Å². The third-order valence-corrected chi connectivity index (χ3v) is 4.89. The molecule has 0 bridgehead atoms. The molecule has 1 saturated heterocycles. The maximum Gasteiger partial charge on any atom is 0.263 e. The summed E-state index contributed by atoms with van der Waals surface area (Å²) in [5.74, 6) is 0.190. The number of amides is 2. The predicted molar refractivity (Wildman–Crippen MR) is 87.8 cm³/mol. The molecular formula is C17H20N6O2. The number of carbonyl (C=O) groups excluding carboxylic acids is 2. The minimum atomic E-state index is -0.159. The number of fused-ring (bicyclic) bond motifs is 1. The normalized spacial score (nSPS) is 17.1. The number of carbonyl (C=O) groups is 2. The standard InChI is InChI=1S/C17H20N6O2/c24-16(10-13-8-14-4-1-2-5-15(14)9-13)22-6-3-7-23(22)17(25)11-21-12-18-19-20-21/h1-2,4-5,12-13H,3,6-11H2. The maximum absolute atomic E-state index is 12.8. The lowest BCUT2D eigenvalue weighted by atomic mass is 10.0. The first kappa shape index (κ1) is 15.7. The van der Waals surface area contributed by atoms with E-state index in [0.717, 1.165) is 19.3 Å². The van der Waals surface area contributed by atoms with Crippen molar-refractivity contribution in [3.63, 3.8) is 0 Å². The van der Waals surface area contributed by atoms with E-state index >= 15 is 0 Å². The highest BCUT2D eigenvalue weighted by molar-refractivity contribution is 5.82. The molecule has 0 spiro atoms. The largest absolute Gasteiger partial charge is 0.273 e. The molecule has 4 rings (SSSR count). The number of benzene rings is 1. The van der Waals surface area contributed by atoms with Crippen LogP contribution < -0.4 is 0 Å². The van der Waals surface area contributed by atoms with Gasteiger partial charge in [-0.15, -0.1) is 5.10 Å². The van der Waals surface area contributed by atoms with Crippen LogP contribution in [0.15, 0.2) is 30.6 Å². The monoisotopic (exact) mass is 340 g/mol. The second-order valence-electron chi connectivity index (χ2n) is 6.64. The van der Waals surface area contributed by atoms with Crippen LogP contribution in [0.2, 0.25) is 0 Å². The Bertz CT molecular complexity index is 750. The van der Waals surface area contributed by atoms with Crippen LogP contribution >= 0.6 is 0 Å². The molecule has 2 aliphatic rings. The van der Waals surface area contributed by atoms with Crippen LogP contribution in [0.3, 0.4) is 0 Å². The van der Waals surface area contributed by atoms with Crippen LogP contribution in [-0.4, -0.2) is 55.1 Å². The van der Waals surface area contributed by atoms with Gasteiger partial charge < -0.3 is 0 Å². The minimum Gasteiger partial charge on any atom is -0.273 e. The third kappa shape index (κ3) is 3.24. The first-order valence-electron chi connectivity index (χ1n) is 8.59. The Balaban J connectivity index is 1.37. The predicted octanol–water partition coefficient (Wildman–Crippen LogP) is 0.454. The van der Waals surface area contributed by atoms with Crippen molar-refractivity contribution in [2.45, 2.75) is 32.2 Å². The minimum absolute atomic E-state index is 0.0281. The van der Waals surface area contributed by atoms with Crippen LogP contribution in [0, 0.1) is 5.92 Å². The summed E-state index contributed by atoms with van der Waals surface area (Å²) in [5.41, 5.74) is 2.68. The van der Waals surface area contributed by atoms with E-state index in [0.29, 0.717) is 25.4 Å². The molecule has 1 fully saturated rings. The van der Waals surface area contributed by atoms with Gasteiger partial charge in [0.25, 0.3) is 5.91 Å². The van der Waals surface area contributed by atoms with E-state index in [9.17, 15) is 9.59 Å². The Labute approximate surface area is 145 Å². The van der Waals surface area contributed by atoms with Gasteiger partial charge in [-0.05, 0) is 46.7 Å². The van der Waals surface area contributed by atoms with Crippen molar-refractivity contribution in [1.82, 2.24) is 30.2 Å². The van der Waals surface area contributed by atoms with E-state index in [1.807, 2.05) is 12.1 Å². The SMILES string of the molecule is O=C(CC1Cc2ccccc2C1)N1CCCN1C(=O)Cn1cnnn1. The summed E-state index contributed by atoms with van der Waals surface area (Å²) in [5, 5.41) is 13.9.